The van der Waals surface area contributed by atoms with Crippen molar-refractivity contribution in [2.45, 2.75) is 32.4 Å². The summed E-state index contributed by atoms with van der Waals surface area (Å²) in [6.45, 7) is 2.97. The Morgan fingerprint density at radius 1 is 1.44 bits per heavy atom. The highest BCUT2D eigenvalue weighted by Crippen LogP contribution is 2.35. The molecule has 1 aromatic heterocycles. The smallest absolute Gasteiger partial charge is 0.318 e. The molecular formula is C18H24N4O3. The van der Waals surface area contributed by atoms with Crippen molar-refractivity contribution in [1.29, 1.82) is 0 Å². The number of carbonyl (C=O) groups is 1. The summed E-state index contributed by atoms with van der Waals surface area (Å²) in [5.41, 5.74) is 2.51. The number of aromatic nitrogens is 2. The predicted octanol–water partition coefficient (Wildman–Crippen LogP) is 2.33. The number of ether oxygens (including phenoxy) is 1. The molecule has 134 valence electrons. The second-order valence-electron chi connectivity index (χ2n) is 6.51. The molecule has 1 aromatic carbocycles. The number of nitrogens with one attached hydrogen (secondary N) is 1. The first-order valence-corrected chi connectivity index (χ1v) is 8.48. The summed E-state index contributed by atoms with van der Waals surface area (Å²) in [5, 5.41) is 7.01. The zero-order chi connectivity index (χ0) is 17.8. The number of nitrogens with zero attached hydrogens (tertiary/aromatic N) is 3. The van der Waals surface area contributed by atoms with Crippen LogP contribution in [0.2, 0.25) is 0 Å². The summed E-state index contributed by atoms with van der Waals surface area (Å²) in [6.07, 6.45) is 1.57. The SMILES string of the molecule is COCCc1noc(CN(C)C(=O)N[C@H]2c3ccccc3C[C@H]2C)n1. The van der Waals surface area contributed by atoms with Crippen LogP contribution in [0.3, 0.4) is 0 Å². The Bertz CT molecular complexity index is 731. The fourth-order valence-electron chi connectivity index (χ4n) is 3.18. The van der Waals surface area contributed by atoms with Gasteiger partial charge >= 0.3 is 6.03 Å². The van der Waals surface area contributed by atoms with Crippen LogP contribution in [0.5, 0.6) is 0 Å². The summed E-state index contributed by atoms with van der Waals surface area (Å²) in [6, 6.07) is 8.15. The summed E-state index contributed by atoms with van der Waals surface area (Å²) in [4.78, 5) is 18.4. The highest BCUT2D eigenvalue weighted by Gasteiger charge is 2.31. The zero-order valence-electron chi connectivity index (χ0n) is 14.9. The molecule has 7 heteroatoms. The Labute approximate surface area is 147 Å². The Kier molecular flexibility index (Phi) is 5.33. The molecule has 2 aromatic rings. The van der Waals surface area contributed by atoms with Gasteiger partial charge in [0, 0.05) is 20.6 Å². The lowest BCUT2D eigenvalue weighted by Gasteiger charge is -2.23. The number of hydrogen-bond acceptors (Lipinski definition) is 5. The van der Waals surface area contributed by atoms with Crippen molar-refractivity contribution < 1.29 is 14.1 Å². The van der Waals surface area contributed by atoms with Crippen molar-refractivity contribution in [3.8, 4) is 0 Å². The molecule has 0 saturated heterocycles. The molecule has 1 aliphatic carbocycles. The highest BCUT2D eigenvalue weighted by molar-refractivity contribution is 5.74. The molecule has 0 bridgehead atoms. The number of urea groups is 1. The van der Waals surface area contributed by atoms with Crippen molar-refractivity contribution in [2.24, 2.45) is 5.92 Å². The van der Waals surface area contributed by atoms with E-state index >= 15 is 0 Å². The maximum absolute atomic E-state index is 12.5. The van der Waals surface area contributed by atoms with E-state index in [4.69, 9.17) is 9.26 Å². The summed E-state index contributed by atoms with van der Waals surface area (Å²) < 4.78 is 10.2. The zero-order valence-corrected chi connectivity index (χ0v) is 14.9. The van der Waals surface area contributed by atoms with E-state index in [2.05, 4.69) is 34.5 Å². The van der Waals surface area contributed by atoms with Gasteiger partial charge < -0.3 is 19.5 Å². The maximum atomic E-state index is 12.5. The second kappa shape index (κ2) is 7.65. The van der Waals surface area contributed by atoms with E-state index < -0.39 is 0 Å². The van der Waals surface area contributed by atoms with Gasteiger partial charge in [-0.15, -0.1) is 0 Å². The lowest BCUT2D eigenvalue weighted by atomic mass is 10.0. The molecule has 1 N–H and O–H groups in total. The number of carbonyl (C=O) groups excluding carboxylic acids is 1. The third-order valence-corrected chi connectivity index (χ3v) is 4.54. The highest BCUT2D eigenvalue weighted by atomic mass is 16.5. The van der Waals surface area contributed by atoms with Crippen molar-refractivity contribution in [2.75, 3.05) is 20.8 Å². The maximum Gasteiger partial charge on any atom is 0.318 e. The predicted molar refractivity (Wildman–Crippen MR) is 91.9 cm³/mol. The Balaban J connectivity index is 1.59. The number of benzene rings is 1. The molecule has 2 atom stereocenters. The molecule has 7 nitrogen and oxygen atoms in total. The van der Waals surface area contributed by atoms with Crippen LogP contribution in [-0.2, 0) is 24.1 Å². The van der Waals surface area contributed by atoms with Crippen LogP contribution in [0.25, 0.3) is 0 Å². The van der Waals surface area contributed by atoms with Crippen LogP contribution in [0, 0.1) is 5.92 Å². The molecule has 1 aliphatic rings. The van der Waals surface area contributed by atoms with Gasteiger partial charge in [0.25, 0.3) is 0 Å². The van der Waals surface area contributed by atoms with E-state index in [1.54, 1.807) is 19.1 Å². The first-order valence-electron chi connectivity index (χ1n) is 8.48. The molecule has 0 saturated carbocycles. The van der Waals surface area contributed by atoms with E-state index in [1.165, 1.54) is 11.1 Å². The minimum Gasteiger partial charge on any atom is -0.384 e. The number of fused-ring (bicyclic) bond motifs is 1. The molecule has 2 amide bonds. The third-order valence-electron chi connectivity index (χ3n) is 4.54. The molecular weight excluding hydrogens is 320 g/mol. The topological polar surface area (TPSA) is 80.5 Å². The minimum absolute atomic E-state index is 0.0334. The molecule has 25 heavy (non-hydrogen) atoms. The van der Waals surface area contributed by atoms with Crippen LogP contribution in [0.4, 0.5) is 4.79 Å². The third kappa shape index (κ3) is 3.99. The molecule has 3 rings (SSSR count). The van der Waals surface area contributed by atoms with E-state index in [0.29, 0.717) is 30.7 Å². The van der Waals surface area contributed by atoms with E-state index in [0.717, 1.165) is 6.42 Å². The van der Waals surface area contributed by atoms with Crippen molar-refractivity contribution in [3.05, 3.63) is 47.1 Å². The van der Waals surface area contributed by atoms with Crippen LogP contribution < -0.4 is 5.32 Å². The minimum atomic E-state index is -0.148. The van der Waals surface area contributed by atoms with Gasteiger partial charge in [-0.05, 0) is 23.5 Å². The van der Waals surface area contributed by atoms with Crippen LogP contribution >= 0.6 is 0 Å². The molecule has 0 unspecified atom stereocenters. The fourth-order valence-corrected chi connectivity index (χ4v) is 3.18. The first-order chi connectivity index (χ1) is 12.1. The van der Waals surface area contributed by atoms with Gasteiger partial charge in [0.2, 0.25) is 5.89 Å². The van der Waals surface area contributed by atoms with Gasteiger partial charge in [0.1, 0.15) is 6.54 Å². The van der Waals surface area contributed by atoms with Crippen molar-refractivity contribution in [1.82, 2.24) is 20.4 Å². The standard InChI is InChI=1S/C18H24N4O3/c1-12-10-13-6-4-5-7-14(13)17(12)20-18(23)22(2)11-16-19-15(21-25-16)8-9-24-3/h4-7,12,17H,8-11H2,1-3H3,(H,20,23)/t12-,17-/m1/s1. The van der Waals surface area contributed by atoms with E-state index in [9.17, 15) is 4.79 Å². The average molecular weight is 344 g/mol. The molecule has 0 fully saturated rings. The lowest BCUT2D eigenvalue weighted by molar-refractivity contribution is 0.192. The Morgan fingerprint density at radius 2 is 2.24 bits per heavy atom. The number of amides is 2. The van der Waals surface area contributed by atoms with Crippen LogP contribution in [-0.4, -0.2) is 41.8 Å². The monoisotopic (exact) mass is 344 g/mol. The number of rotatable bonds is 6. The molecule has 0 radical (unpaired) electrons. The van der Waals surface area contributed by atoms with Crippen LogP contribution in [0.1, 0.15) is 35.8 Å². The summed E-state index contributed by atoms with van der Waals surface area (Å²) in [7, 11) is 3.35. The first kappa shape index (κ1) is 17.4. The molecule has 0 aliphatic heterocycles. The van der Waals surface area contributed by atoms with Crippen LogP contribution in [0.15, 0.2) is 28.8 Å². The normalized spacial score (nSPS) is 18.8. The van der Waals surface area contributed by atoms with Crippen molar-refractivity contribution >= 4 is 6.03 Å². The summed E-state index contributed by atoms with van der Waals surface area (Å²) >= 11 is 0. The van der Waals surface area contributed by atoms with E-state index in [1.807, 2.05) is 12.1 Å². The lowest BCUT2D eigenvalue weighted by Crippen LogP contribution is -2.40. The van der Waals surface area contributed by atoms with Gasteiger partial charge in [0.05, 0.1) is 12.6 Å². The van der Waals surface area contributed by atoms with Gasteiger partial charge in [-0.2, -0.15) is 4.98 Å². The molecule has 1 heterocycles. The molecule has 0 spiro atoms. The second-order valence-corrected chi connectivity index (χ2v) is 6.51. The quantitative estimate of drug-likeness (QED) is 0.870. The van der Waals surface area contributed by atoms with Gasteiger partial charge in [-0.3, -0.25) is 0 Å². The largest absolute Gasteiger partial charge is 0.384 e. The fraction of sp³-hybridized carbons (Fsp3) is 0.500. The Morgan fingerprint density at radius 3 is 3.04 bits per heavy atom. The average Bonchev–Trinajstić information content (AvgIpc) is 3.17. The number of methoxy groups -OCH3 is 1. The van der Waals surface area contributed by atoms with Crippen molar-refractivity contribution in [3.63, 3.8) is 0 Å². The van der Waals surface area contributed by atoms with Gasteiger partial charge in [-0.1, -0.05) is 36.3 Å². The summed E-state index contributed by atoms with van der Waals surface area (Å²) in [5.74, 6) is 1.38. The Hall–Kier alpha value is -2.41. The number of hydrogen-bond donors (Lipinski definition) is 1. The van der Waals surface area contributed by atoms with E-state index in [-0.39, 0.29) is 18.6 Å². The van der Waals surface area contributed by atoms with Gasteiger partial charge in [0.15, 0.2) is 5.82 Å². The van der Waals surface area contributed by atoms with Gasteiger partial charge in [-0.25, -0.2) is 4.79 Å².